The maximum Gasteiger partial charge on any atom is 0.230 e. The SMILES string of the molecule is Cc1nnc(CN(CCc2ccccc2)CCc2ccccc2)o1. The number of nitrogens with zero attached hydrogens (tertiary/aromatic N) is 3. The normalized spacial score (nSPS) is 11.1. The van der Waals surface area contributed by atoms with Crippen molar-refractivity contribution in [3.8, 4) is 0 Å². The third-order valence-electron chi connectivity index (χ3n) is 4.05. The van der Waals surface area contributed by atoms with Crippen LogP contribution < -0.4 is 0 Å². The lowest BCUT2D eigenvalue weighted by atomic mass is 10.1. The van der Waals surface area contributed by atoms with E-state index in [4.69, 9.17) is 4.42 Å². The van der Waals surface area contributed by atoms with Gasteiger partial charge in [-0.25, -0.2) is 0 Å². The Morgan fingerprint density at radius 3 is 1.79 bits per heavy atom. The minimum absolute atomic E-state index is 0.621. The molecule has 4 heteroatoms. The topological polar surface area (TPSA) is 42.2 Å². The number of hydrogen-bond acceptors (Lipinski definition) is 4. The molecule has 0 saturated heterocycles. The molecule has 0 unspecified atom stereocenters. The first-order valence-electron chi connectivity index (χ1n) is 8.39. The van der Waals surface area contributed by atoms with Gasteiger partial charge in [0.05, 0.1) is 6.54 Å². The van der Waals surface area contributed by atoms with Crippen molar-refractivity contribution in [1.29, 1.82) is 0 Å². The van der Waals surface area contributed by atoms with E-state index in [1.807, 2.05) is 6.92 Å². The quantitative estimate of drug-likeness (QED) is 0.635. The molecule has 2 aromatic carbocycles. The van der Waals surface area contributed by atoms with Crippen LogP contribution in [0.2, 0.25) is 0 Å². The zero-order chi connectivity index (χ0) is 16.6. The molecule has 1 aromatic heterocycles. The van der Waals surface area contributed by atoms with Gasteiger partial charge in [0.15, 0.2) is 0 Å². The molecule has 24 heavy (non-hydrogen) atoms. The molecule has 3 aromatic rings. The summed E-state index contributed by atoms with van der Waals surface area (Å²) < 4.78 is 5.55. The maximum absolute atomic E-state index is 5.55. The predicted molar refractivity (Wildman–Crippen MR) is 94.6 cm³/mol. The van der Waals surface area contributed by atoms with Crippen molar-refractivity contribution in [2.24, 2.45) is 0 Å². The molecule has 1 heterocycles. The van der Waals surface area contributed by atoms with Crippen molar-refractivity contribution in [2.75, 3.05) is 13.1 Å². The van der Waals surface area contributed by atoms with E-state index in [9.17, 15) is 0 Å². The Kier molecular flexibility index (Phi) is 5.75. The van der Waals surface area contributed by atoms with Crippen LogP contribution >= 0.6 is 0 Å². The number of hydrogen-bond donors (Lipinski definition) is 0. The summed E-state index contributed by atoms with van der Waals surface area (Å²) in [6.07, 6.45) is 2.03. The Hall–Kier alpha value is -2.46. The summed E-state index contributed by atoms with van der Waals surface area (Å²) in [5, 5.41) is 8.07. The van der Waals surface area contributed by atoms with Crippen molar-refractivity contribution in [1.82, 2.24) is 15.1 Å². The van der Waals surface area contributed by atoms with Gasteiger partial charge in [0.1, 0.15) is 0 Å². The molecule has 4 nitrogen and oxygen atoms in total. The van der Waals surface area contributed by atoms with E-state index >= 15 is 0 Å². The molecule has 124 valence electrons. The Morgan fingerprint density at radius 2 is 1.33 bits per heavy atom. The lowest BCUT2D eigenvalue weighted by Crippen LogP contribution is -2.28. The molecule has 0 spiro atoms. The van der Waals surface area contributed by atoms with Crippen LogP contribution in [0.15, 0.2) is 65.1 Å². The second-order valence-electron chi connectivity index (χ2n) is 5.96. The minimum Gasteiger partial charge on any atom is -0.424 e. The summed E-state index contributed by atoms with van der Waals surface area (Å²) in [5.41, 5.74) is 2.70. The molecule has 0 amide bonds. The molecule has 0 aliphatic rings. The fourth-order valence-electron chi connectivity index (χ4n) is 2.73. The highest BCUT2D eigenvalue weighted by molar-refractivity contribution is 5.16. The van der Waals surface area contributed by atoms with Crippen molar-refractivity contribution in [3.05, 3.63) is 83.6 Å². The molecular formula is C20H23N3O. The largest absolute Gasteiger partial charge is 0.424 e. The third kappa shape index (κ3) is 5.03. The third-order valence-corrected chi connectivity index (χ3v) is 4.05. The van der Waals surface area contributed by atoms with Crippen LogP contribution in [0.4, 0.5) is 0 Å². The minimum atomic E-state index is 0.621. The average Bonchev–Trinajstić information content (AvgIpc) is 3.04. The summed E-state index contributed by atoms with van der Waals surface area (Å²) in [6, 6.07) is 21.2. The molecule has 0 radical (unpaired) electrons. The Bertz CT molecular complexity index is 681. The van der Waals surface area contributed by atoms with Crippen LogP contribution in [0, 0.1) is 6.92 Å². The van der Waals surface area contributed by atoms with Crippen LogP contribution in [0.25, 0.3) is 0 Å². The van der Waals surface area contributed by atoms with Gasteiger partial charge in [0.25, 0.3) is 0 Å². The second kappa shape index (κ2) is 8.41. The molecular weight excluding hydrogens is 298 g/mol. The standard InChI is InChI=1S/C20H23N3O/c1-17-21-22-20(24-17)16-23(14-12-18-8-4-2-5-9-18)15-13-19-10-6-3-7-11-19/h2-11H,12-16H2,1H3. The molecule has 0 fully saturated rings. The molecule has 0 aliphatic heterocycles. The van der Waals surface area contributed by atoms with E-state index in [1.54, 1.807) is 0 Å². The Balaban J connectivity index is 1.61. The average molecular weight is 321 g/mol. The van der Waals surface area contributed by atoms with Crippen LogP contribution in [0.1, 0.15) is 22.9 Å². The van der Waals surface area contributed by atoms with Gasteiger partial charge >= 0.3 is 0 Å². The van der Waals surface area contributed by atoms with Gasteiger partial charge in [-0.15, -0.1) is 10.2 Å². The van der Waals surface area contributed by atoms with Gasteiger partial charge in [-0.1, -0.05) is 60.7 Å². The Labute approximate surface area is 143 Å². The number of aryl methyl sites for hydroxylation is 1. The maximum atomic E-state index is 5.55. The van der Waals surface area contributed by atoms with Gasteiger partial charge < -0.3 is 4.42 Å². The van der Waals surface area contributed by atoms with E-state index in [-0.39, 0.29) is 0 Å². The number of rotatable bonds is 8. The van der Waals surface area contributed by atoms with Crippen molar-refractivity contribution in [3.63, 3.8) is 0 Å². The van der Waals surface area contributed by atoms with E-state index in [2.05, 4.69) is 75.8 Å². The van der Waals surface area contributed by atoms with Crippen LogP contribution in [-0.4, -0.2) is 28.2 Å². The van der Waals surface area contributed by atoms with Crippen LogP contribution in [0.5, 0.6) is 0 Å². The van der Waals surface area contributed by atoms with Gasteiger partial charge in [0.2, 0.25) is 11.8 Å². The molecule has 0 N–H and O–H groups in total. The highest BCUT2D eigenvalue weighted by Gasteiger charge is 2.11. The molecule has 0 saturated carbocycles. The van der Waals surface area contributed by atoms with Crippen molar-refractivity contribution in [2.45, 2.75) is 26.3 Å². The van der Waals surface area contributed by atoms with Gasteiger partial charge in [-0.2, -0.15) is 0 Å². The Morgan fingerprint density at radius 1 is 0.792 bits per heavy atom. The zero-order valence-corrected chi connectivity index (χ0v) is 14.1. The first-order valence-corrected chi connectivity index (χ1v) is 8.39. The fourth-order valence-corrected chi connectivity index (χ4v) is 2.73. The zero-order valence-electron chi connectivity index (χ0n) is 14.1. The fraction of sp³-hybridized carbons (Fsp3) is 0.300. The van der Waals surface area contributed by atoms with Crippen LogP contribution in [-0.2, 0) is 19.4 Å². The molecule has 0 bridgehead atoms. The summed E-state index contributed by atoms with van der Waals surface area (Å²) >= 11 is 0. The number of benzene rings is 2. The lowest BCUT2D eigenvalue weighted by molar-refractivity contribution is 0.242. The highest BCUT2D eigenvalue weighted by atomic mass is 16.4. The molecule has 3 rings (SSSR count). The number of aromatic nitrogens is 2. The summed E-state index contributed by atoms with van der Waals surface area (Å²) in [7, 11) is 0. The lowest BCUT2D eigenvalue weighted by Gasteiger charge is -2.20. The van der Waals surface area contributed by atoms with Crippen molar-refractivity contribution >= 4 is 0 Å². The van der Waals surface area contributed by atoms with Gasteiger partial charge in [-0.3, -0.25) is 4.90 Å². The van der Waals surface area contributed by atoms with Crippen molar-refractivity contribution < 1.29 is 4.42 Å². The second-order valence-corrected chi connectivity index (χ2v) is 5.96. The smallest absolute Gasteiger partial charge is 0.230 e. The summed E-state index contributed by atoms with van der Waals surface area (Å²) in [6.45, 7) is 4.46. The van der Waals surface area contributed by atoms with E-state index in [0.717, 1.165) is 25.9 Å². The van der Waals surface area contributed by atoms with E-state index in [0.29, 0.717) is 18.3 Å². The monoisotopic (exact) mass is 321 g/mol. The highest BCUT2D eigenvalue weighted by Crippen LogP contribution is 2.09. The predicted octanol–water partition coefficient (Wildman–Crippen LogP) is 3.67. The van der Waals surface area contributed by atoms with Crippen LogP contribution in [0.3, 0.4) is 0 Å². The van der Waals surface area contributed by atoms with Gasteiger partial charge in [-0.05, 0) is 24.0 Å². The van der Waals surface area contributed by atoms with E-state index < -0.39 is 0 Å². The van der Waals surface area contributed by atoms with E-state index in [1.165, 1.54) is 11.1 Å². The summed E-state index contributed by atoms with van der Waals surface area (Å²) in [5.74, 6) is 1.31. The first-order chi connectivity index (χ1) is 11.8. The first kappa shape index (κ1) is 16.4. The molecule has 0 atom stereocenters. The molecule has 0 aliphatic carbocycles. The summed E-state index contributed by atoms with van der Waals surface area (Å²) in [4.78, 5) is 2.38. The van der Waals surface area contributed by atoms with Gasteiger partial charge in [0, 0.05) is 20.0 Å².